The molecule has 0 saturated heterocycles. The lowest BCUT2D eigenvalue weighted by Crippen LogP contribution is -2.01. The van der Waals surface area contributed by atoms with E-state index in [9.17, 15) is 4.39 Å². The third-order valence-corrected chi connectivity index (χ3v) is 4.05. The predicted octanol–water partition coefficient (Wildman–Crippen LogP) is 3.20. The molecule has 0 fully saturated rings. The first kappa shape index (κ1) is 12.2. The summed E-state index contributed by atoms with van der Waals surface area (Å²) < 4.78 is 17.5. The molecule has 1 heterocycles. The second-order valence-electron chi connectivity index (χ2n) is 3.38. The quantitative estimate of drug-likeness (QED) is 0.837. The SMILES string of the molecule is CSc1c(N)nsc1NCc1ccccc1F. The molecule has 0 amide bonds. The number of benzene rings is 1. The molecule has 1 aromatic heterocycles. The number of nitrogens with zero attached hydrogens (tertiary/aromatic N) is 1. The van der Waals surface area contributed by atoms with E-state index in [2.05, 4.69) is 9.69 Å². The summed E-state index contributed by atoms with van der Waals surface area (Å²) in [5.74, 6) is 0.321. The second-order valence-corrected chi connectivity index (χ2v) is 4.97. The highest BCUT2D eigenvalue weighted by atomic mass is 32.2. The Labute approximate surface area is 107 Å². The van der Waals surface area contributed by atoms with Crippen molar-refractivity contribution < 1.29 is 4.39 Å². The van der Waals surface area contributed by atoms with Gasteiger partial charge in [-0.2, -0.15) is 4.37 Å². The van der Waals surface area contributed by atoms with Gasteiger partial charge in [-0.3, -0.25) is 0 Å². The minimum Gasteiger partial charge on any atom is -0.382 e. The molecule has 1 aromatic carbocycles. The van der Waals surface area contributed by atoms with Crippen LogP contribution in [0.4, 0.5) is 15.2 Å². The number of rotatable bonds is 4. The number of hydrogen-bond donors (Lipinski definition) is 2. The van der Waals surface area contributed by atoms with Crippen molar-refractivity contribution in [1.29, 1.82) is 0 Å². The summed E-state index contributed by atoms with van der Waals surface area (Å²) in [7, 11) is 0. The average molecular weight is 269 g/mol. The van der Waals surface area contributed by atoms with Crippen molar-refractivity contribution in [2.24, 2.45) is 0 Å². The van der Waals surface area contributed by atoms with Gasteiger partial charge >= 0.3 is 0 Å². The van der Waals surface area contributed by atoms with E-state index in [1.165, 1.54) is 29.4 Å². The van der Waals surface area contributed by atoms with E-state index in [4.69, 9.17) is 5.73 Å². The molecule has 3 N–H and O–H groups in total. The smallest absolute Gasteiger partial charge is 0.153 e. The Morgan fingerprint density at radius 3 is 2.94 bits per heavy atom. The number of halogens is 1. The highest BCUT2D eigenvalue weighted by molar-refractivity contribution is 7.99. The summed E-state index contributed by atoms with van der Waals surface area (Å²) in [4.78, 5) is 0.923. The molecule has 0 aliphatic heterocycles. The lowest BCUT2D eigenvalue weighted by molar-refractivity contribution is 0.613. The molecule has 0 spiro atoms. The van der Waals surface area contributed by atoms with Gasteiger partial charge in [0.25, 0.3) is 0 Å². The van der Waals surface area contributed by atoms with E-state index in [1.807, 2.05) is 12.3 Å². The number of nitrogens with two attached hydrogens (primary N) is 1. The van der Waals surface area contributed by atoms with Crippen molar-refractivity contribution in [2.45, 2.75) is 11.4 Å². The van der Waals surface area contributed by atoms with Crippen LogP contribution in [0.15, 0.2) is 29.2 Å². The molecule has 0 saturated carbocycles. The minimum absolute atomic E-state index is 0.205. The van der Waals surface area contributed by atoms with Crippen molar-refractivity contribution in [3.63, 3.8) is 0 Å². The van der Waals surface area contributed by atoms with Crippen LogP contribution in [-0.4, -0.2) is 10.6 Å². The lowest BCUT2D eigenvalue weighted by Gasteiger charge is -2.06. The molecule has 2 aromatic rings. The summed E-state index contributed by atoms with van der Waals surface area (Å²) in [6.07, 6.45) is 1.94. The fourth-order valence-electron chi connectivity index (χ4n) is 1.42. The van der Waals surface area contributed by atoms with Gasteiger partial charge in [-0.15, -0.1) is 11.8 Å². The zero-order valence-electron chi connectivity index (χ0n) is 9.24. The maximum atomic E-state index is 13.4. The molecule has 0 aliphatic rings. The van der Waals surface area contributed by atoms with Gasteiger partial charge < -0.3 is 11.1 Å². The first-order chi connectivity index (χ1) is 8.22. The van der Waals surface area contributed by atoms with E-state index in [1.54, 1.807) is 12.1 Å². The van der Waals surface area contributed by atoms with Crippen LogP contribution in [0.3, 0.4) is 0 Å². The summed E-state index contributed by atoms with van der Waals surface area (Å²) in [6, 6.07) is 6.70. The molecule has 0 atom stereocenters. The number of hydrogen-bond acceptors (Lipinski definition) is 5. The highest BCUT2D eigenvalue weighted by Crippen LogP contribution is 2.34. The predicted molar refractivity (Wildman–Crippen MR) is 72.0 cm³/mol. The van der Waals surface area contributed by atoms with Crippen molar-refractivity contribution in [3.05, 3.63) is 35.6 Å². The number of nitrogens with one attached hydrogen (secondary N) is 1. The van der Waals surface area contributed by atoms with Crippen molar-refractivity contribution in [1.82, 2.24) is 4.37 Å². The molecule has 90 valence electrons. The van der Waals surface area contributed by atoms with Crippen molar-refractivity contribution in [3.8, 4) is 0 Å². The van der Waals surface area contributed by atoms with E-state index in [0.717, 1.165) is 9.90 Å². The van der Waals surface area contributed by atoms with Gasteiger partial charge in [0.15, 0.2) is 5.82 Å². The highest BCUT2D eigenvalue weighted by Gasteiger charge is 2.10. The minimum atomic E-state index is -0.205. The zero-order valence-corrected chi connectivity index (χ0v) is 10.9. The van der Waals surface area contributed by atoms with Crippen LogP contribution >= 0.6 is 23.3 Å². The van der Waals surface area contributed by atoms with Gasteiger partial charge in [0.2, 0.25) is 0 Å². The Bertz CT molecular complexity index is 513. The average Bonchev–Trinajstić information content (AvgIpc) is 2.69. The first-order valence-electron chi connectivity index (χ1n) is 4.98. The Balaban J connectivity index is 2.10. The van der Waals surface area contributed by atoms with Crippen LogP contribution in [0.1, 0.15) is 5.56 Å². The van der Waals surface area contributed by atoms with E-state index in [-0.39, 0.29) is 5.82 Å². The summed E-state index contributed by atoms with van der Waals surface area (Å²) in [5.41, 5.74) is 6.35. The van der Waals surface area contributed by atoms with Crippen LogP contribution in [-0.2, 0) is 6.54 Å². The maximum Gasteiger partial charge on any atom is 0.153 e. The Morgan fingerprint density at radius 1 is 1.47 bits per heavy atom. The van der Waals surface area contributed by atoms with E-state index in [0.29, 0.717) is 17.9 Å². The molecule has 0 unspecified atom stereocenters. The van der Waals surface area contributed by atoms with E-state index < -0.39 is 0 Å². The Morgan fingerprint density at radius 2 is 2.24 bits per heavy atom. The second kappa shape index (κ2) is 5.37. The number of aromatic nitrogens is 1. The van der Waals surface area contributed by atoms with Crippen LogP contribution in [0, 0.1) is 5.82 Å². The monoisotopic (exact) mass is 269 g/mol. The molecular weight excluding hydrogens is 257 g/mol. The number of thioether (sulfide) groups is 1. The van der Waals surface area contributed by atoms with E-state index >= 15 is 0 Å². The Kier molecular flexibility index (Phi) is 3.86. The van der Waals surface area contributed by atoms with Gasteiger partial charge in [0, 0.05) is 12.1 Å². The van der Waals surface area contributed by atoms with Crippen molar-refractivity contribution >= 4 is 34.1 Å². The molecule has 0 radical (unpaired) electrons. The van der Waals surface area contributed by atoms with Crippen LogP contribution in [0.25, 0.3) is 0 Å². The first-order valence-corrected chi connectivity index (χ1v) is 6.98. The normalized spacial score (nSPS) is 10.5. The largest absolute Gasteiger partial charge is 0.382 e. The van der Waals surface area contributed by atoms with Gasteiger partial charge in [-0.25, -0.2) is 4.39 Å². The zero-order chi connectivity index (χ0) is 12.3. The summed E-state index contributed by atoms with van der Waals surface area (Å²) in [6.45, 7) is 0.432. The third kappa shape index (κ3) is 2.70. The third-order valence-electron chi connectivity index (χ3n) is 2.28. The standard InChI is InChI=1S/C11H12FN3S2/c1-16-9-10(13)15-17-11(9)14-6-7-4-2-3-5-8(7)12/h2-5,14H,6H2,1H3,(H2,13,15). The van der Waals surface area contributed by atoms with Gasteiger partial charge in [-0.1, -0.05) is 18.2 Å². The molecular formula is C11H12FN3S2. The molecule has 17 heavy (non-hydrogen) atoms. The Hall–Kier alpha value is -1.27. The molecule has 2 rings (SSSR count). The molecule has 3 nitrogen and oxygen atoms in total. The summed E-state index contributed by atoms with van der Waals surface area (Å²) >= 11 is 2.83. The molecule has 0 bridgehead atoms. The number of nitrogen functional groups attached to an aromatic ring is 1. The maximum absolute atomic E-state index is 13.4. The van der Waals surface area contributed by atoms with Gasteiger partial charge in [-0.05, 0) is 23.9 Å². The fourth-order valence-corrected chi connectivity index (χ4v) is 2.96. The van der Waals surface area contributed by atoms with Gasteiger partial charge in [0.05, 0.1) is 4.90 Å². The van der Waals surface area contributed by atoms with Gasteiger partial charge in [0.1, 0.15) is 10.8 Å². The van der Waals surface area contributed by atoms with Crippen LogP contribution < -0.4 is 11.1 Å². The van der Waals surface area contributed by atoms with Crippen LogP contribution in [0.2, 0.25) is 0 Å². The fraction of sp³-hybridized carbons (Fsp3) is 0.182. The molecule has 0 aliphatic carbocycles. The molecule has 6 heteroatoms. The number of anilines is 2. The lowest BCUT2D eigenvalue weighted by atomic mass is 10.2. The van der Waals surface area contributed by atoms with Crippen molar-refractivity contribution in [2.75, 3.05) is 17.3 Å². The van der Waals surface area contributed by atoms with Crippen LogP contribution in [0.5, 0.6) is 0 Å². The summed E-state index contributed by atoms with van der Waals surface area (Å²) in [5, 5.41) is 4.04. The topological polar surface area (TPSA) is 50.9 Å².